The fourth-order valence-corrected chi connectivity index (χ4v) is 3.54. The first-order valence-electron chi connectivity index (χ1n) is 8.83. The molecular weight excluding hydrogens is 326 g/mol. The largest absolute Gasteiger partial charge is 0.361 e. The second-order valence-corrected chi connectivity index (χ2v) is 6.75. The Morgan fingerprint density at radius 3 is 2.54 bits per heavy atom. The summed E-state index contributed by atoms with van der Waals surface area (Å²) in [5.74, 6) is -0.142. The molecule has 2 atom stereocenters. The van der Waals surface area contributed by atoms with Gasteiger partial charge in [0, 0.05) is 30.1 Å². The molecule has 1 saturated heterocycles. The number of nitrogens with zero attached hydrogens (tertiary/aromatic N) is 1. The van der Waals surface area contributed by atoms with E-state index in [4.69, 9.17) is 0 Å². The van der Waals surface area contributed by atoms with Gasteiger partial charge in [-0.1, -0.05) is 48.5 Å². The Morgan fingerprint density at radius 1 is 1.00 bits per heavy atom. The molecule has 2 N–H and O–H groups in total. The predicted octanol–water partition coefficient (Wildman–Crippen LogP) is 2.63. The quantitative estimate of drug-likeness (QED) is 0.762. The van der Waals surface area contributed by atoms with E-state index in [0.29, 0.717) is 13.0 Å². The van der Waals surface area contributed by atoms with Crippen LogP contribution >= 0.6 is 0 Å². The summed E-state index contributed by atoms with van der Waals surface area (Å²) in [6.45, 7) is 2.22. The van der Waals surface area contributed by atoms with Crippen LogP contribution in [-0.2, 0) is 22.6 Å². The first kappa shape index (κ1) is 16.4. The molecule has 2 amide bonds. The van der Waals surface area contributed by atoms with Crippen LogP contribution in [0.3, 0.4) is 0 Å². The normalized spacial score (nSPS) is 20.4. The summed E-state index contributed by atoms with van der Waals surface area (Å²) in [4.78, 5) is 30.4. The molecule has 2 aromatic carbocycles. The topological polar surface area (TPSA) is 65.2 Å². The van der Waals surface area contributed by atoms with E-state index in [9.17, 15) is 9.59 Å². The van der Waals surface area contributed by atoms with Crippen molar-refractivity contribution in [2.24, 2.45) is 0 Å². The van der Waals surface area contributed by atoms with Crippen molar-refractivity contribution in [3.05, 3.63) is 71.9 Å². The fraction of sp³-hybridized carbons (Fsp3) is 0.238. The molecule has 0 saturated carbocycles. The number of aromatic amines is 1. The van der Waals surface area contributed by atoms with Crippen LogP contribution in [0.15, 0.2) is 60.8 Å². The number of piperazine rings is 1. The van der Waals surface area contributed by atoms with Gasteiger partial charge in [-0.3, -0.25) is 9.59 Å². The highest BCUT2D eigenvalue weighted by molar-refractivity contribution is 5.97. The molecule has 26 heavy (non-hydrogen) atoms. The van der Waals surface area contributed by atoms with Crippen molar-refractivity contribution in [1.82, 2.24) is 15.2 Å². The Kier molecular flexibility index (Phi) is 4.21. The molecule has 1 aliphatic rings. The fourth-order valence-electron chi connectivity index (χ4n) is 3.54. The van der Waals surface area contributed by atoms with Crippen molar-refractivity contribution in [3.8, 4) is 0 Å². The summed E-state index contributed by atoms with van der Waals surface area (Å²) >= 11 is 0. The van der Waals surface area contributed by atoms with Crippen LogP contribution in [0, 0.1) is 0 Å². The van der Waals surface area contributed by atoms with E-state index in [0.717, 1.165) is 22.0 Å². The molecule has 1 fully saturated rings. The average molecular weight is 347 g/mol. The third-order valence-corrected chi connectivity index (χ3v) is 5.04. The summed E-state index contributed by atoms with van der Waals surface area (Å²) in [7, 11) is 0. The molecule has 4 rings (SSSR count). The Hall–Kier alpha value is -3.08. The monoisotopic (exact) mass is 347 g/mol. The first-order valence-corrected chi connectivity index (χ1v) is 8.83. The van der Waals surface area contributed by atoms with E-state index in [1.165, 1.54) is 0 Å². The number of carbonyl (C=O) groups excluding carboxylic acids is 2. The van der Waals surface area contributed by atoms with Gasteiger partial charge in [0.15, 0.2) is 0 Å². The molecule has 0 unspecified atom stereocenters. The molecule has 0 bridgehead atoms. The zero-order valence-corrected chi connectivity index (χ0v) is 14.6. The molecule has 5 nitrogen and oxygen atoms in total. The molecule has 2 heterocycles. The standard InChI is InChI=1S/C21H21N3O2/c1-14-20(25)23-19(11-16-12-22-18-10-6-5-9-17(16)18)21(26)24(14)13-15-7-3-2-4-8-15/h2-10,12,14,19,22H,11,13H2,1H3,(H,23,25)/t14-,19+/m0/s1. The van der Waals surface area contributed by atoms with Crippen molar-refractivity contribution in [2.45, 2.75) is 32.0 Å². The molecular formula is C21H21N3O2. The van der Waals surface area contributed by atoms with Gasteiger partial charge in [-0.25, -0.2) is 0 Å². The van der Waals surface area contributed by atoms with Gasteiger partial charge in [-0.2, -0.15) is 0 Å². The highest BCUT2D eigenvalue weighted by Gasteiger charge is 2.38. The van der Waals surface area contributed by atoms with Crippen molar-refractivity contribution < 1.29 is 9.59 Å². The van der Waals surface area contributed by atoms with Crippen molar-refractivity contribution in [1.29, 1.82) is 0 Å². The van der Waals surface area contributed by atoms with Gasteiger partial charge in [-0.05, 0) is 24.1 Å². The van der Waals surface area contributed by atoms with Crippen molar-refractivity contribution in [3.63, 3.8) is 0 Å². The van der Waals surface area contributed by atoms with E-state index in [1.54, 1.807) is 11.8 Å². The number of aromatic nitrogens is 1. The molecule has 132 valence electrons. The number of carbonyl (C=O) groups is 2. The lowest BCUT2D eigenvalue weighted by Crippen LogP contribution is -2.62. The lowest BCUT2D eigenvalue weighted by molar-refractivity contribution is -0.149. The van der Waals surface area contributed by atoms with Gasteiger partial charge in [0.1, 0.15) is 12.1 Å². The SMILES string of the molecule is C[C@H]1C(=O)N[C@H](Cc2c[nH]c3ccccc23)C(=O)N1Cc1ccccc1. The number of para-hydroxylation sites is 1. The number of benzene rings is 2. The van der Waals surface area contributed by atoms with Gasteiger partial charge in [0.2, 0.25) is 11.8 Å². The highest BCUT2D eigenvalue weighted by atomic mass is 16.2. The lowest BCUT2D eigenvalue weighted by atomic mass is 9.99. The summed E-state index contributed by atoms with van der Waals surface area (Å²) in [6, 6.07) is 16.7. The van der Waals surface area contributed by atoms with Crippen LogP contribution in [0.2, 0.25) is 0 Å². The maximum absolute atomic E-state index is 13.0. The Bertz CT molecular complexity index is 948. The smallest absolute Gasteiger partial charge is 0.246 e. The van der Waals surface area contributed by atoms with E-state index >= 15 is 0 Å². The zero-order valence-electron chi connectivity index (χ0n) is 14.6. The number of nitrogens with one attached hydrogen (secondary N) is 2. The van der Waals surface area contributed by atoms with E-state index < -0.39 is 12.1 Å². The predicted molar refractivity (Wildman–Crippen MR) is 100 cm³/mol. The van der Waals surface area contributed by atoms with Gasteiger partial charge in [-0.15, -0.1) is 0 Å². The van der Waals surface area contributed by atoms with Gasteiger partial charge < -0.3 is 15.2 Å². The number of hydrogen-bond acceptors (Lipinski definition) is 2. The average Bonchev–Trinajstić information content (AvgIpc) is 3.07. The summed E-state index contributed by atoms with van der Waals surface area (Å²) in [6.07, 6.45) is 2.40. The van der Waals surface area contributed by atoms with E-state index in [1.807, 2.05) is 60.8 Å². The maximum atomic E-state index is 13.0. The van der Waals surface area contributed by atoms with Crippen molar-refractivity contribution >= 4 is 22.7 Å². The molecule has 1 aliphatic heterocycles. The van der Waals surface area contributed by atoms with E-state index in [2.05, 4.69) is 10.3 Å². The minimum Gasteiger partial charge on any atom is -0.361 e. The third-order valence-electron chi connectivity index (χ3n) is 5.04. The lowest BCUT2D eigenvalue weighted by Gasteiger charge is -2.37. The molecule has 0 spiro atoms. The minimum atomic E-state index is -0.540. The molecule has 5 heteroatoms. The zero-order chi connectivity index (χ0) is 18.1. The third kappa shape index (κ3) is 2.96. The molecule has 0 radical (unpaired) electrons. The van der Waals surface area contributed by atoms with Crippen LogP contribution in [0.5, 0.6) is 0 Å². The van der Waals surface area contributed by atoms with Gasteiger partial charge in [0.05, 0.1) is 0 Å². The van der Waals surface area contributed by atoms with Crippen LogP contribution in [0.25, 0.3) is 10.9 Å². The second kappa shape index (κ2) is 6.67. The molecule has 3 aromatic rings. The Balaban J connectivity index is 1.58. The molecule has 0 aliphatic carbocycles. The second-order valence-electron chi connectivity index (χ2n) is 6.75. The minimum absolute atomic E-state index is 0.0359. The molecule has 1 aromatic heterocycles. The van der Waals surface area contributed by atoms with E-state index in [-0.39, 0.29) is 11.8 Å². The number of hydrogen-bond donors (Lipinski definition) is 2. The first-order chi connectivity index (χ1) is 12.6. The van der Waals surface area contributed by atoms with Crippen LogP contribution in [-0.4, -0.2) is 33.8 Å². The number of rotatable bonds is 4. The Labute approximate surface area is 152 Å². The van der Waals surface area contributed by atoms with Crippen LogP contribution in [0.1, 0.15) is 18.1 Å². The maximum Gasteiger partial charge on any atom is 0.246 e. The van der Waals surface area contributed by atoms with Crippen LogP contribution < -0.4 is 5.32 Å². The summed E-state index contributed by atoms with van der Waals surface area (Å²) in [5.41, 5.74) is 3.09. The van der Waals surface area contributed by atoms with Gasteiger partial charge >= 0.3 is 0 Å². The number of fused-ring (bicyclic) bond motifs is 1. The van der Waals surface area contributed by atoms with Crippen molar-refractivity contribution in [2.75, 3.05) is 0 Å². The highest BCUT2D eigenvalue weighted by Crippen LogP contribution is 2.22. The summed E-state index contributed by atoms with van der Waals surface area (Å²) in [5, 5.41) is 3.98. The summed E-state index contributed by atoms with van der Waals surface area (Å²) < 4.78 is 0. The number of amides is 2. The van der Waals surface area contributed by atoms with Gasteiger partial charge in [0.25, 0.3) is 0 Å². The van der Waals surface area contributed by atoms with Crippen LogP contribution in [0.4, 0.5) is 0 Å². The Morgan fingerprint density at radius 2 is 1.73 bits per heavy atom. The number of H-pyrrole nitrogens is 1.